The molecule has 2 aromatic rings. The molecule has 108 valence electrons. The van der Waals surface area contributed by atoms with Crippen molar-refractivity contribution in [1.29, 1.82) is 0 Å². The number of anilines is 1. The molecule has 0 radical (unpaired) electrons. The monoisotopic (exact) mass is 397 g/mol. The van der Waals surface area contributed by atoms with Gasteiger partial charge in [0.05, 0.1) is 18.4 Å². The summed E-state index contributed by atoms with van der Waals surface area (Å²) in [5, 5.41) is 11.8. The minimum absolute atomic E-state index is 0.0590. The van der Waals surface area contributed by atoms with Crippen LogP contribution in [0, 0.1) is 3.57 Å². The summed E-state index contributed by atoms with van der Waals surface area (Å²) < 4.78 is 5.81. The third-order valence-electron chi connectivity index (χ3n) is 2.81. The Hall–Kier alpha value is -2.09. The molecule has 0 aromatic heterocycles. The summed E-state index contributed by atoms with van der Waals surface area (Å²) in [5.41, 5.74) is 0.748. The number of carboxylic acid groups (broad SMARTS) is 1. The van der Waals surface area contributed by atoms with Crippen molar-refractivity contribution in [3.05, 3.63) is 57.2 Å². The van der Waals surface area contributed by atoms with Crippen molar-refractivity contribution in [2.45, 2.75) is 0 Å². The van der Waals surface area contributed by atoms with Crippen molar-refractivity contribution in [2.75, 3.05) is 12.4 Å². The highest BCUT2D eigenvalue weighted by Gasteiger charge is 2.14. The first-order valence-electron chi connectivity index (χ1n) is 5.99. The first kappa shape index (κ1) is 15.3. The molecule has 1 amide bonds. The van der Waals surface area contributed by atoms with Crippen molar-refractivity contribution in [2.24, 2.45) is 0 Å². The molecule has 0 atom stereocenters. The molecule has 0 heterocycles. The predicted octanol–water partition coefficient (Wildman–Crippen LogP) is 3.25. The maximum atomic E-state index is 12.1. The molecule has 2 N–H and O–H groups in total. The molecule has 0 unspecified atom stereocenters. The molecular weight excluding hydrogens is 385 g/mol. The first-order chi connectivity index (χ1) is 10.0. The number of carbonyl (C=O) groups is 2. The van der Waals surface area contributed by atoms with Gasteiger partial charge in [-0.05, 0) is 65.1 Å². The summed E-state index contributed by atoms with van der Waals surface area (Å²) in [6.07, 6.45) is 0. The number of amides is 1. The SMILES string of the molecule is COc1ccc(C(=O)Nc2ccc(I)cc2C(=O)O)cc1. The van der Waals surface area contributed by atoms with Crippen LogP contribution in [0.25, 0.3) is 0 Å². The third-order valence-corrected chi connectivity index (χ3v) is 3.48. The summed E-state index contributed by atoms with van der Waals surface area (Å²) in [7, 11) is 1.54. The van der Waals surface area contributed by atoms with E-state index in [4.69, 9.17) is 4.74 Å². The number of methoxy groups -OCH3 is 1. The fourth-order valence-electron chi connectivity index (χ4n) is 1.74. The molecule has 0 aliphatic heterocycles. The van der Waals surface area contributed by atoms with Gasteiger partial charge in [-0.1, -0.05) is 0 Å². The summed E-state index contributed by atoms with van der Waals surface area (Å²) >= 11 is 2.02. The zero-order valence-corrected chi connectivity index (χ0v) is 13.2. The lowest BCUT2D eigenvalue weighted by Crippen LogP contribution is -2.14. The summed E-state index contributed by atoms with van der Waals surface area (Å²) in [6.45, 7) is 0. The lowest BCUT2D eigenvalue weighted by atomic mass is 10.1. The molecular formula is C15H12INO4. The van der Waals surface area contributed by atoms with Gasteiger partial charge in [0.15, 0.2) is 0 Å². The summed E-state index contributed by atoms with van der Waals surface area (Å²) in [5.74, 6) is -0.813. The molecule has 0 spiro atoms. The Morgan fingerprint density at radius 1 is 1.14 bits per heavy atom. The first-order valence-corrected chi connectivity index (χ1v) is 7.07. The molecule has 0 aliphatic rings. The lowest BCUT2D eigenvalue weighted by molar-refractivity contribution is 0.0698. The molecule has 0 fully saturated rings. The second-order valence-corrected chi connectivity index (χ2v) is 5.42. The largest absolute Gasteiger partial charge is 0.497 e. The van der Waals surface area contributed by atoms with Gasteiger partial charge >= 0.3 is 5.97 Å². The molecule has 0 bridgehead atoms. The molecule has 5 nitrogen and oxygen atoms in total. The number of benzene rings is 2. The Labute approximate surface area is 135 Å². The van der Waals surface area contributed by atoms with Crippen LogP contribution in [0.3, 0.4) is 0 Å². The van der Waals surface area contributed by atoms with Gasteiger partial charge in [-0.2, -0.15) is 0 Å². The molecule has 2 rings (SSSR count). The maximum absolute atomic E-state index is 12.1. The van der Waals surface area contributed by atoms with Crippen molar-refractivity contribution >= 4 is 40.2 Å². The third kappa shape index (κ3) is 3.72. The minimum atomic E-state index is -1.08. The van der Waals surface area contributed by atoms with E-state index in [-0.39, 0.29) is 17.2 Å². The Kier molecular flexibility index (Phi) is 4.79. The van der Waals surface area contributed by atoms with Crippen molar-refractivity contribution < 1.29 is 19.4 Å². The van der Waals surface area contributed by atoms with Gasteiger partial charge < -0.3 is 15.2 Å². The highest BCUT2D eigenvalue weighted by Crippen LogP contribution is 2.20. The second-order valence-electron chi connectivity index (χ2n) is 4.18. The smallest absolute Gasteiger partial charge is 0.337 e. The maximum Gasteiger partial charge on any atom is 0.337 e. The van der Waals surface area contributed by atoms with E-state index in [9.17, 15) is 14.7 Å². The Bertz CT molecular complexity index is 683. The van der Waals surface area contributed by atoms with Gasteiger partial charge in [-0.3, -0.25) is 4.79 Å². The Balaban J connectivity index is 2.24. The van der Waals surface area contributed by atoms with Crippen LogP contribution in [0.2, 0.25) is 0 Å². The zero-order valence-electron chi connectivity index (χ0n) is 11.1. The van der Waals surface area contributed by atoms with Gasteiger partial charge in [-0.15, -0.1) is 0 Å². The van der Waals surface area contributed by atoms with Crippen LogP contribution in [-0.4, -0.2) is 24.1 Å². The molecule has 6 heteroatoms. The van der Waals surface area contributed by atoms with Crippen LogP contribution >= 0.6 is 22.6 Å². The standard InChI is InChI=1S/C15H12INO4/c1-21-11-5-2-9(3-6-11)14(18)17-13-7-4-10(16)8-12(13)15(19)20/h2-8H,1H3,(H,17,18)(H,19,20). The van der Waals surface area contributed by atoms with Crippen molar-refractivity contribution in [3.63, 3.8) is 0 Å². The van der Waals surface area contributed by atoms with Crippen molar-refractivity contribution in [3.8, 4) is 5.75 Å². The van der Waals surface area contributed by atoms with Gasteiger partial charge in [0.2, 0.25) is 0 Å². The number of halogens is 1. The van der Waals surface area contributed by atoms with E-state index < -0.39 is 5.97 Å². The molecule has 0 aliphatic carbocycles. The quantitative estimate of drug-likeness (QED) is 0.777. The molecule has 0 saturated heterocycles. The van der Waals surface area contributed by atoms with Crippen molar-refractivity contribution in [1.82, 2.24) is 0 Å². The van der Waals surface area contributed by atoms with E-state index in [2.05, 4.69) is 5.32 Å². The van der Waals surface area contributed by atoms with Crippen LogP contribution in [0.4, 0.5) is 5.69 Å². The second kappa shape index (κ2) is 6.57. The van der Waals surface area contributed by atoms with E-state index in [1.807, 2.05) is 22.6 Å². The average molecular weight is 397 g/mol. The van der Waals surface area contributed by atoms with Gasteiger partial charge in [0.1, 0.15) is 5.75 Å². The lowest BCUT2D eigenvalue weighted by Gasteiger charge is -2.09. The van der Waals surface area contributed by atoms with Gasteiger partial charge in [0.25, 0.3) is 5.91 Å². The highest BCUT2D eigenvalue weighted by atomic mass is 127. The number of ether oxygens (including phenoxy) is 1. The van der Waals surface area contributed by atoms with Crippen LogP contribution in [0.1, 0.15) is 20.7 Å². The summed E-state index contributed by atoms with van der Waals surface area (Å²) in [4.78, 5) is 23.3. The van der Waals surface area contributed by atoms with E-state index in [1.165, 1.54) is 6.07 Å². The number of hydrogen-bond acceptors (Lipinski definition) is 3. The zero-order chi connectivity index (χ0) is 15.4. The predicted molar refractivity (Wildman–Crippen MR) is 87.1 cm³/mol. The van der Waals surface area contributed by atoms with Crippen LogP contribution < -0.4 is 10.1 Å². The van der Waals surface area contributed by atoms with E-state index in [0.717, 1.165) is 3.57 Å². The number of rotatable bonds is 4. The van der Waals surface area contributed by atoms with Crippen LogP contribution in [-0.2, 0) is 0 Å². The number of carboxylic acids is 1. The Morgan fingerprint density at radius 3 is 2.38 bits per heavy atom. The normalized spacial score (nSPS) is 10.0. The number of carbonyl (C=O) groups excluding carboxylic acids is 1. The molecule has 21 heavy (non-hydrogen) atoms. The summed E-state index contributed by atoms with van der Waals surface area (Å²) in [6, 6.07) is 11.4. The Morgan fingerprint density at radius 2 is 1.81 bits per heavy atom. The van der Waals surface area contributed by atoms with Crippen LogP contribution in [0.5, 0.6) is 5.75 Å². The van der Waals surface area contributed by atoms with E-state index in [0.29, 0.717) is 11.3 Å². The van der Waals surface area contributed by atoms with Gasteiger partial charge in [-0.25, -0.2) is 4.79 Å². The van der Waals surface area contributed by atoms with Crippen LogP contribution in [0.15, 0.2) is 42.5 Å². The topological polar surface area (TPSA) is 75.6 Å². The van der Waals surface area contributed by atoms with E-state index in [1.54, 1.807) is 43.5 Å². The minimum Gasteiger partial charge on any atom is -0.497 e. The van der Waals surface area contributed by atoms with Gasteiger partial charge in [0, 0.05) is 9.13 Å². The van der Waals surface area contributed by atoms with E-state index >= 15 is 0 Å². The number of nitrogens with one attached hydrogen (secondary N) is 1. The average Bonchev–Trinajstić information content (AvgIpc) is 2.49. The fraction of sp³-hybridized carbons (Fsp3) is 0.0667. The molecule has 0 saturated carbocycles. The number of hydrogen-bond donors (Lipinski definition) is 2. The number of aromatic carboxylic acids is 1. The molecule has 2 aromatic carbocycles. The highest BCUT2D eigenvalue weighted by molar-refractivity contribution is 14.1. The fourth-order valence-corrected chi connectivity index (χ4v) is 2.23.